The van der Waals surface area contributed by atoms with Crippen LogP contribution in [0.5, 0.6) is 0 Å². The number of halogens is 1. The average Bonchev–Trinajstić information content (AvgIpc) is 2.28. The van der Waals surface area contributed by atoms with Gasteiger partial charge < -0.3 is 5.32 Å². The van der Waals surface area contributed by atoms with Crippen LogP contribution in [0.2, 0.25) is 0 Å². The number of aryl methyl sites for hydroxylation is 1. The highest BCUT2D eigenvalue weighted by Crippen LogP contribution is 2.19. The number of hydrogen-bond donors (Lipinski definition) is 1. The van der Waals surface area contributed by atoms with Crippen LogP contribution < -0.4 is 5.32 Å². The zero-order valence-corrected chi connectivity index (χ0v) is 10.8. The van der Waals surface area contributed by atoms with Crippen LogP contribution in [0, 0.1) is 24.6 Å². The molecule has 0 heterocycles. The van der Waals surface area contributed by atoms with Gasteiger partial charge in [-0.1, -0.05) is 13.0 Å². The molecule has 92 valence electrons. The van der Waals surface area contributed by atoms with E-state index in [0.717, 1.165) is 30.5 Å². The molecule has 0 aromatic heterocycles. The fourth-order valence-corrected chi connectivity index (χ4v) is 1.80. The van der Waals surface area contributed by atoms with Gasteiger partial charge >= 0.3 is 0 Å². The molecule has 1 aromatic rings. The van der Waals surface area contributed by atoms with Gasteiger partial charge in [-0.2, -0.15) is 0 Å². The van der Waals surface area contributed by atoms with Crippen LogP contribution in [0.15, 0.2) is 18.2 Å². The third-order valence-corrected chi connectivity index (χ3v) is 2.59. The van der Waals surface area contributed by atoms with Gasteiger partial charge in [0.05, 0.1) is 0 Å². The normalized spacial score (nSPS) is 11.8. The molecule has 0 fully saturated rings. The first-order chi connectivity index (χ1) is 8.17. The van der Waals surface area contributed by atoms with Gasteiger partial charge in [0.25, 0.3) is 0 Å². The summed E-state index contributed by atoms with van der Waals surface area (Å²) in [5.74, 6) is 5.78. The van der Waals surface area contributed by atoms with Gasteiger partial charge in [0, 0.05) is 12.5 Å². The highest BCUT2D eigenvalue weighted by atomic mass is 19.1. The molecule has 1 nitrogen and oxygen atoms in total. The Morgan fingerprint density at radius 1 is 1.35 bits per heavy atom. The molecule has 1 aromatic carbocycles. The van der Waals surface area contributed by atoms with Crippen molar-refractivity contribution in [3.05, 3.63) is 35.1 Å². The van der Waals surface area contributed by atoms with E-state index in [2.05, 4.69) is 24.1 Å². The summed E-state index contributed by atoms with van der Waals surface area (Å²) in [6.07, 6.45) is 1.78. The summed E-state index contributed by atoms with van der Waals surface area (Å²) in [4.78, 5) is 0. The van der Waals surface area contributed by atoms with Crippen molar-refractivity contribution < 1.29 is 4.39 Å². The zero-order valence-electron chi connectivity index (χ0n) is 10.8. The summed E-state index contributed by atoms with van der Waals surface area (Å²) in [7, 11) is 0. The minimum atomic E-state index is -0.173. The SMILES string of the molecule is CC#CCC(NCCC)c1cc(C)cc(F)c1. The van der Waals surface area contributed by atoms with Gasteiger partial charge in [-0.25, -0.2) is 4.39 Å². The van der Waals surface area contributed by atoms with Gasteiger partial charge in [0.1, 0.15) is 5.82 Å². The summed E-state index contributed by atoms with van der Waals surface area (Å²) in [6, 6.07) is 5.29. The largest absolute Gasteiger partial charge is 0.309 e. The molecular formula is C15H20FN. The summed E-state index contributed by atoms with van der Waals surface area (Å²) in [6.45, 7) is 6.78. The molecule has 1 atom stereocenters. The summed E-state index contributed by atoms with van der Waals surface area (Å²) < 4.78 is 13.4. The van der Waals surface area contributed by atoms with E-state index >= 15 is 0 Å². The maximum absolute atomic E-state index is 13.4. The lowest BCUT2D eigenvalue weighted by atomic mass is 10.0. The van der Waals surface area contributed by atoms with Crippen LogP contribution in [0.25, 0.3) is 0 Å². The van der Waals surface area contributed by atoms with E-state index < -0.39 is 0 Å². The Morgan fingerprint density at radius 2 is 2.12 bits per heavy atom. The molecule has 0 spiro atoms. The molecule has 0 bridgehead atoms. The number of rotatable bonds is 5. The lowest BCUT2D eigenvalue weighted by molar-refractivity contribution is 0.536. The third-order valence-electron chi connectivity index (χ3n) is 2.59. The summed E-state index contributed by atoms with van der Waals surface area (Å²) in [5.41, 5.74) is 1.94. The van der Waals surface area contributed by atoms with Crippen molar-refractivity contribution in [1.82, 2.24) is 5.32 Å². The molecule has 1 unspecified atom stereocenters. The fraction of sp³-hybridized carbons (Fsp3) is 0.467. The van der Waals surface area contributed by atoms with E-state index in [1.54, 1.807) is 12.1 Å². The lowest BCUT2D eigenvalue weighted by Crippen LogP contribution is -2.22. The number of hydrogen-bond acceptors (Lipinski definition) is 1. The van der Waals surface area contributed by atoms with Gasteiger partial charge in [-0.3, -0.25) is 0 Å². The van der Waals surface area contributed by atoms with Crippen molar-refractivity contribution in [3.8, 4) is 11.8 Å². The Balaban J connectivity index is 2.88. The lowest BCUT2D eigenvalue weighted by Gasteiger charge is -2.17. The highest BCUT2D eigenvalue weighted by molar-refractivity contribution is 5.27. The van der Waals surface area contributed by atoms with Crippen molar-refractivity contribution in [1.29, 1.82) is 0 Å². The zero-order chi connectivity index (χ0) is 12.7. The molecule has 0 aliphatic rings. The molecule has 0 radical (unpaired) electrons. The summed E-state index contributed by atoms with van der Waals surface area (Å²) >= 11 is 0. The van der Waals surface area contributed by atoms with Crippen LogP contribution in [-0.4, -0.2) is 6.54 Å². The average molecular weight is 233 g/mol. The quantitative estimate of drug-likeness (QED) is 0.766. The molecule has 0 saturated carbocycles. The summed E-state index contributed by atoms with van der Waals surface area (Å²) in [5, 5.41) is 3.41. The van der Waals surface area contributed by atoms with E-state index in [4.69, 9.17) is 0 Å². The number of nitrogens with one attached hydrogen (secondary N) is 1. The standard InChI is InChI=1S/C15H20FN/c1-4-6-7-15(17-8-5-2)13-9-12(3)10-14(16)11-13/h9-11,15,17H,5,7-8H2,1-3H3. The Labute approximate surface area is 103 Å². The molecule has 1 rings (SSSR count). The minimum Gasteiger partial charge on any atom is -0.309 e. The second-order valence-corrected chi connectivity index (χ2v) is 4.20. The molecule has 0 amide bonds. The predicted octanol–water partition coefficient (Wildman–Crippen LogP) is 3.59. The molecule has 17 heavy (non-hydrogen) atoms. The maximum Gasteiger partial charge on any atom is 0.123 e. The van der Waals surface area contributed by atoms with Crippen molar-refractivity contribution in [2.45, 2.75) is 39.7 Å². The first-order valence-corrected chi connectivity index (χ1v) is 6.07. The van der Waals surface area contributed by atoms with Crippen LogP contribution >= 0.6 is 0 Å². The third kappa shape index (κ3) is 4.58. The Hall–Kier alpha value is -1.33. The van der Waals surface area contributed by atoms with Crippen molar-refractivity contribution in [3.63, 3.8) is 0 Å². The van der Waals surface area contributed by atoms with Gasteiger partial charge in [0.15, 0.2) is 0 Å². The first-order valence-electron chi connectivity index (χ1n) is 6.07. The van der Waals surface area contributed by atoms with Crippen LogP contribution in [-0.2, 0) is 0 Å². The fourth-order valence-electron chi connectivity index (χ4n) is 1.80. The smallest absolute Gasteiger partial charge is 0.123 e. The molecule has 2 heteroatoms. The Morgan fingerprint density at radius 3 is 2.71 bits per heavy atom. The van der Waals surface area contributed by atoms with Gasteiger partial charge in [-0.15, -0.1) is 11.8 Å². The molecule has 0 aliphatic carbocycles. The van der Waals surface area contributed by atoms with Gasteiger partial charge in [0.2, 0.25) is 0 Å². The van der Waals surface area contributed by atoms with Crippen LogP contribution in [0.1, 0.15) is 43.9 Å². The number of benzene rings is 1. The topological polar surface area (TPSA) is 12.0 Å². The Kier molecular flexibility index (Phi) is 5.72. The second-order valence-electron chi connectivity index (χ2n) is 4.20. The van der Waals surface area contributed by atoms with E-state index in [1.165, 1.54) is 0 Å². The predicted molar refractivity (Wildman–Crippen MR) is 70.2 cm³/mol. The van der Waals surface area contributed by atoms with Crippen molar-refractivity contribution in [2.24, 2.45) is 0 Å². The van der Waals surface area contributed by atoms with Crippen molar-refractivity contribution >= 4 is 0 Å². The maximum atomic E-state index is 13.4. The van der Waals surface area contributed by atoms with Crippen LogP contribution in [0.3, 0.4) is 0 Å². The monoisotopic (exact) mass is 233 g/mol. The molecule has 0 aliphatic heterocycles. The molecule has 0 saturated heterocycles. The van der Waals surface area contributed by atoms with Gasteiger partial charge in [-0.05, 0) is 50.1 Å². The van der Waals surface area contributed by atoms with Crippen LogP contribution in [0.4, 0.5) is 4.39 Å². The minimum absolute atomic E-state index is 0.122. The van der Waals surface area contributed by atoms with E-state index in [1.807, 2.05) is 19.9 Å². The first kappa shape index (κ1) is 13.7. The Bertz CT molecular complexity index is 394. The highest BCUT2D eigenvalue weighted by Gasteiger charge is 2.10. The van der Waals surface area contributed by atoms with E-state index in [9.17, 15) is 4.39 Å². The van der Waals surface area contributed by atoms with E-state index in [-0.39, 0.29) is 11.9 Å². The van der Waals surface area contributed by atoms with E-state index in [0.29, 0.717) is 0 Å². The van der Waals surface area contributed by atoms with Crippen molar-refractivity contribution in [2.75, 3.05) is 6.54 Å². The molecule has 1 N–H and O–H groups in total. The second kappa shape index (κ2) is 7.09. The molecular weight excluding hydrogens is 213 g/mol.